The minimum atomic E-state index is -0.329. The molecule has 0 fully saturated rings. The maximum atomic E-state index is 13.4. The van der Waals surface area contributed by atoms with Crippen molar-refractivity contribution in [3.63, 3.8) is 0 Å². The highest BCUT2D eigenvalue weighted by Gasteiger charge is 2.14. The van der Waals surface area contributed by atoms with Gasteiger partial charge in [0.2, 0.25) is 11.9 Å². The predicted molar refractivity (Wildman–Crippen MR) is 67.9 cm³/mol. The second kappa shape index (κ2) is 5.67. The zero-order valence-corrected chi connectivity index (χ0v) is 10.6. The standard InChI is InChI=1S/C14H15FN2O2/c1-17-8-14(13(18)6-11(17)7-16)19-9-10-4-2-3-5-12(10)15/h2-6,8H,7,9,16H2,1H3/p+1. The van der Waals surface area contributed by atoms with Gasteiger partial charge in [-0.05, 0) is 6.07 Å². The molecule has 4 nitrogen and oxygen atoms in total. The zero-order chi connectivity index (χ0) is 13.8. The highest BCUT2D eigenvalue weighted by atomic mass is 19.1. The van der Waals surface area contributed by atoms with Gasteiger partial charge in [-0.1, -0.05) is 18.2 Å². The Morgan fingerprint density at radius 2 is 2.11 bits per heavy atom. The zero-order valence-electron chi connectivity index (χ0n) is 10.6. The Kier molecular flexibility index (Phi) is 3.97. The van der Waals surface area contributed by atoms with Crippen molar-refractivity contribution in [3.05, 3.63) is 53.6 Å². The molecule has 0 aliphatic rings. The van der Waals surface area contributed by atoms with Gasteiger partial charge in [-0.3, -0.25) is 0 Å². The molecule has 1 aromatic heterocycles. The largest absolute Gasteiger partial charge is 0.504 e. The quantitative estimate of drug-likeness (QED) is 0.820. The summed E-state index contributed by atoms with van der Waals surface area (Å²) < 4.78 is 20.6. The normalized spacial score (nSPS) is 10.5. The van der Waals surface area contributed by atoms with Crippen LogP contribution in [0.4, 0.5) is 4.39 Å². The molecule has 0 bridgehead atoms. The maximum Gasteiger partial charge on any atom is 0.226 e. The Morgan fingerprint density at radius 3 is 2.79 bits per heavy atom. The third-order valence-corrected chi connectivity index (χ3v) is 2.87. The SMILES string of the molecule is C[n+]1cc(OCc2ccccc2F)c(O)cc1CN. The van der Waals surface area contributed by atoms with E-state index in [4.69, 9.17) is 10.5 Å². The number of aromatic hydroxyl groups is 1. The van der Waals surface area contributed by atoms with Crippen LogP contribution in [0, 0.1) is 5.82 Å². The van der Waals surface area contributed by atoms with Crippen LogP contribution in [0.3, 0.4) is 0 Å². The molecule has 0 spiro atoms. The summed E-state index contributed by atoms with van der Waals surface area (Å²) in [7, 11) is 1.80. The molecule has 2 aromatic rings. The number of nitrogens with two attached hydrogens (primary N) is 1. The Morgan fingerprint density at radius 1 is 1.37 bits per heavy atom. The molecule has 0 aliphatic heterocycles. The first-order chi connectivity index (χ1) is 9.11. The first-order valence-corrected chi connectivity index (χ1v) is 5.89. The third-order valence-electron chi connectivity index (χ3n) is 2.87. The van der Waals surface area contributed by atoms with Gasteiger partial charge >= 0.3 is 0 Å². The molecule has 1 aromatic carbocycles. The summed E-state index contributed by atoms with van der Waals surface area (Å²) in [6.45, 7) is 0.375. The number of nitrogens with zero attached hydrogens (tertiary/aromatic N) is 1. The van der Waals surface area contributed by atoms with E-state index in [0.29, 0.717) is 17.9 Å². The van der Waals surface area contributed by atoms with E-state index >= 15 is 0 Å². The van der Waals surface area contributed by atoms with E-state index in [1.54, 1.807) is 36.0 Å². The third kappa shape index (κ3) is 3.00. The van der Waals surface area contributed by atoms with E-state index in [2.05, 4.69) is 0 Å². The molecular weight excluding hydrogens is 247 g/mol. The average molecular weight is 263 g/mol. The molecule has 0 aliphatic carbocycles. The Balaban J connectivity index is 2.16. The van der Waals surface area contributed by atoms with Crippen molar-refractivity contribution in [2.24, 2.45) is 12.8 Å². The predicted octanol–water partition coefficient (Wildman–Crippen LogP) is 1.39. The fourth-order valence-corrected chi connectivity index (χ4v) is 1.74. The number of rotatable bonds is 4. The number of benzene rings is 1. The van der Waals surface area contributed by atoms with Crippen molar-refractivity contribution in [1.82, 2.24) is 0 Å². The van der Waals surface area contributed by atoms with Gasteiger partial charge in [-0.2, -0.15) is 0 Å². The van der Waals surface area contributed by atoms with Crippen molar-refractivity contribution < 1.29 is 18.8 Å². The summed E-state index contributed by atoms with van der Waals surface area (Å²) in [4.78, 5) is 0. The molecule has 0 radical (unpaired) electrons. The lowest BCUT2D eigenvalue weighted by Crippen LogP contribution is -2.34. The van der Waals surface area contributed by atoms with E-state index in [1.807, 2.05) is 0 Å². The van der Waals surface area contributed by atoms with Gasteiger partial charge in [0, 0.05) is 5.56 Å². The maximum absolute atomic E-state index is 13.4. The Bertz CT molecular complexity index is 588. The van der Waals surface area contributed by atoms with Gasteiger partial charge in [0.1, 0.15) is 19.5 Å². The molecule has 0 amide bonds. The van der Waals surface area contributed by atoms with E-state index in [1.165, 1.54) is 12.1 Å². The number of aromatic nitrogens is 1. The minimum Gasteiger partial charge on any atom is -0.504 e. The van der Waals surface area contributed by atoms with Crippen LogP contribution in [0.15, 0.2) is 36.5 Å². The summed E-state index contributed by atoms with van der Waals surface area (Å²) in [6.07, 6.45) is 1.62. The average Bonchev–Trinajstić information content (AvgIpc) is 2.41. The molecular formula is C14H16FN2O2+. The van der Waals surface area contributed by atoms with Crippen LogP contribution in [0.1, 0.15) is 11.3 Å². The van der Waals surface area contributed by atoms with E-state index < -0.39 is 0 Å². The molecule has 100 valence electrons. The highest BCUT2D eigenvalue weighted by Crippen LogP contribution is 2.25. The van der Waals surface area contributed by atoms with Crippen LogP contribution in [0.5, 0.6) is 11.5 Å². The molecule has 0 saturated carbocycles. The van der Waals surface area contributed by atoms with Crippen LogP contribution < -0.4 is 15.0 Å². The first kappa shape index (κ1) is 13.3. The number of hydrogen-bond donors (Lipinski definition) is 2. The van der Waals surface area contributed by atoms with Crippen molar-refractivity contribution >= 4 is 0 Å². The lowest BCUT2D eigenvalue weighted by atomic mass is 10.2. The Labute approximate surface area is 110 Å². The molecule has 1 heterocycles. The van der Waals surface area contributed by atoms with Crippen molar-refractivity contribution in [2.75, 3.05) is 0 Å². The molecule has 2 rings (SSSR count). The second-order valence-corrected chi connectivity index (χ2v) is 4.21. The van der Waals surface area contributed by atoms with Crippen LogP contribution >= 0.6 is 0 Å². The first-order valence-electron chi connectivity index (χ1n) is 5.89. The summed E-state index contributed by atoms with van der Waals surface area (Å²) in [5, 5.41) is 9.81. The van der Waals surface area contributed by atoms with Gasteiger partial charge in [0.15, 0.2) is 11.4 Å². The van der Waals surface area contributed by atoms with Gasteiger partial charge in [-0.25, -0.2) is 8.96 Å². The summed E-state index contributed by atoms with van der Waals surface area (Å²) in [6, 6.07) is 7.90. The fourth-order valence-electron chi connectivity index (χ4n) is 1.74. The van der Waals surface area contributed by atoms with Crippen LogP contribution in [0.25, 0.3) is 0 Å². The van der Waals surface area contributed by atoms with Gasteiger partial charge < -0.3 is 15.6 Å². The van der Waals surface area contributed by atoms with E-state index in [9.17, 15) is 9.50 Å². The molecule has 3 N–H and O–H groups in total. The summed E-state index contributed by atoms with van der Waals surface area (Å²) in [5.74, 6) is -0.0391. The van der Waals surface area contributed by atoms with Gasteiger partial charge in [0.25, 0.3) is 0 Å². The van der Waals surface area contributed by atoms with E-state index in [-0.39, 0.29) is 18.2 Å². The number of pyridine rings is 1. The summed E-state index contributed by atoms with van der Waals surface area (Å²) in [5.41, 5.74) is 6.74. The van der Waals surface area contributed by atoms with Crippen molar-refractivity contribution in [3.8, 4) is 11.5 Å². The smallest absolute Gasteiger partial charge is 0.226 e. The highest BCUT2D eigenvalue weighted by molar-refractivity contribution is 5.35. The van der Waals surface area contributed by atoms with Crippen LogP contribution in [0.2, 0.25) is 0 Å². The van der Waals surface area contributed by atoms with Crippen molar-refractivity contribution in [1.29, 1.82) is 0 Å². The number of aryl methyl sites for hydroxylation is 1. The topological polar surface area (TPSA) is 59.4 Å². The minimum absolute atomic E-state index is 0.00473. The van der Waals surface area contributed by atoms with Crippen LogP contribution in [-0.2, 0) is 20.2 Å². The van der Waals surface area contributed by atoms with E-state index in [0.717, 1.165) is 5.69 Å². The molecule has 19 heavy (non-hydrogen) atoms. The number of hydrogen-bond acceptors (Lipinski definition) is 3. The summed E-state index contributed by atoms with van der Waals surface area (Å²) >= 11 is 0. The molecule has 5 heteroatoms. The Hall–Kier alpha value is -2.14. The lowest BCUT2D eigenvalue weighted by Gasteiger charge is -2.08. The second-order valence-electron chi connectivity index (χ2n) is 4.21. The molecule has 0 atom stereocenters. The molecule has 0 saturated heterocycles. The van der Waals surface area contributed by atoms with Crippen molar-refractivity contribution in [2.45, 2.75) is 13.2 Å². The monoisotopic (exact) mass is 263 g/mol. The number of ether oxygens (including phenoxy) is 1. The van der Waals surface area contributed by atoms with Crippen LogP contribution in [-0.4, -0.2) is 5.11 Å². The molecule has 0 unspecified atom stereocenters. The van der Waals surface area contributed by atoms with Gasteiger partial charge in [0.05, 0.1) is 12.6 Å². The van der Waals surface area contributed by atoms with Gasteiger partial charge in [-0.15, -0.1) is 0 Å². The fraction of sp³-hybridized carbons (Fsp3) is 0.214. The lowest BCUT2D eigenvalue weighted by molar-refractivity contribution is -0.679. The number of halogens is 1.